The standard InChI is InChI=1S/C41H25NO/c1-3-16-30-27(13-1)29-15-6-8-20-34(29)40-35(30)24-25-38(42-40)32-18-7-5-14-28(32)26-12-2-4-17-31(26)36-21-11-22-37-33-19-9-10-23-39(33)43-41(36)37/h1-25H. The second kappa shape index (κ2) is 9.40. The first kappa shape index (κ1) is 23.9. The first-order chi connectivity index (χ1) is 21.3. The molecule has 0 aliphatic heterocycles. The normalized spacial score (nSPS) is 11.7. The molecule has 0 unspecified atom stereocenters. The number of hydrogen-bond donors (Lipinski definition) is 0. The van der Waals surface area contributed by atoms with Gasteiger partial charge in [0.15, 0.2) is 0 Å². The molecule has 0 aliphatic carbocycles. The van der Waals surface area contributed by atoms with Crippen molar-refractivity contribution in [1.82, 2.24) is 4.98 Å². The summed E-state index contributed by atoms with van der Waals surface area (Å²) in [4.78, 5) is 5.37. The van der Waals surface area contributed by atoms with Crippen LogP contribution in [-0.2, 0) is 0 Å². The zero-order valence-electron chi connectivity index (χ0n) is 23.3. The fourth-order valence-electron chi connectivity index (χ4n) is 6.76. The molecule has 2 heterocycles. The van der Waals surface area contributed by atoms with Crippen LogP contribution in [0.15, 0.2) is 156 Å². The molecule has 0 spiro atoms. The van der Waals surface area contributed by atoms with Crippen molar-refractivity contribution in [3.8, 4) is 33.5 Å². The fourth-order valence-corrected chi connectivity index (χ4v) is 6.76. The molecular weight excluding hydrogens is 522 g/mol. The molecule has 0 radical (unpaired) electrons. The summed E-state index contributed by atoms with van der Waals surface area (Å²) in [5.41, 5.74) is 9.42. The Bertz CT molecular complexity index is 2480. The maximum atomic E-state index is 6.46. The smallest absolute Gasteiger partial charge is 0.143 e. The molecule has 0 atom stereocenters. The third kappa shape index (κ3) is 3.63. The average Bonchev–Trinajstić information content (AvgIpc) is 3.47. The van der Waals surface area contributed by atoms with Gasteiger partial charge < -0.3 is 4.42 Å². The van der Waals surface area contributed by atoms with Gasteiger partial charge in [-0.3, -0.25) is 0 Å². The van der Waals surface area contributed by atoms with Gasteiger partial charge in [-0.2, -0.15) is 0 Å². The van der Waals surface area contributed by atoms with Crippen molar-refractivity contribution in [1.29, 1.82) is 0 Å². The molecule has 0 aliphatic rings. The molecule has 0 saturated heterocycles. The predicted molar refractivity (Wildman–Crippen MR) is 180 cm³/mol. The molecule has 2 heteroatoms. The van der Waals surface area contributed by atoms with Crippen molar-refractivity contribution in [2.45, 2.75) is 0 Å². The van der Waals surface area contributed by atoms with Crippen LogP contribution < -0.4 is 0 Å². The van der Waals surface area contributed by atoms with Crippen molar-refractivity contribution < 1.29 is 4.42 Å². The summed E-state index contributed by atoms with van der Waals surface area (Å²) < 4.78 is 6.46. The Balaban J connectivity index is 1.28. The molecule has 200 valence electrons. The van der Waals surface area contributed by atoms with Crippen molar-refractivity contribution in [2.24, 2.45) is 0 Å². The van der Waals surface area contributed by atoms with Crippen LogP contribution in [0.4, 0.5) is 0 Å². The van der Waals surface area contributed by atoms with E-state index in [4.69, 9.17) is 9.40 Å². The maximum absolute atomic E-state index is 6.46. The molecule has 9 rings (SSSR count). The monoisotopic (exact) mass is 547 g/mol. The third-order valence-corrected chi connectivity index (χ3v) is 8.70. The summed E-state index contributed by atoms with van der Waals surface area (Å²) in [6.07, 6.45) is 0. The predicted octanol–water partition coefficient (Wildman–Crippen LogP) is 11.4. The summed E-state index contributed by atoms with van der Waals surface area (Å²) in [5.74, 6) is 0. The first-order valence-electron chi connectivity index (χ1n) is 14.6. The minimum absolute atomic E-state index is 0.906. The number of hydrogen-bond acceptors (Lipinski definition) is 2. The van der Waals surface area contributed by atoms with Crippen molar-refractivity contribution in [2.75, 3.05) is 0 Å². The van der Waals surface area contributed by atoms with E-state index in [1.165, 1.54) is 26.9 Å². The molecule has 0 fully saturated rings. The van der Waals surface area contributed by atoms with E-state index in [-0.39, 0.29) is 0 Å². The Morgan fingerprint density at radius 3 is 1.51 bits per heavy atom. The van der Waals surface area contributed by atoms with Gasteiger partial charge in [-0.15, -0.1) is 0 Å². The number of furan rings is 1. The number of fused-ring (bicyclic) bond motifs is 9. The largest absolute Gasteiger partial charge is 0.455 e. The first-order valence-corrected chi connectivity index (χ1v) is 14.6. The summed E-state index contributed by atoms with van der Waals surface area (Å²) >= 11 is 0. The van der Waals surface area contributed by atoms with Gasteiger partial charge in [0.1, 0.15) is 11.2 Å². The van der Waals surface area contributed by atoms with Crippen LogP contribution in [-0.4, -0.2) is 4.98 Å². The topological polar surface area (TPSA) is 26.0 Å². The minimum atomic E-state index is 0.906. The van der Waals surface area contributed by atoms with Gasteiger partial charge in [-0.25, -0.2) is 4.98 Å². The number of benzene rings is 7. The second-order valence-corrected chi connectivity index (χ2v) is 11.1. The van der Waals surface area contributed by atoms with Crippen molar-refractivity contribution >= 4 is 54.4 Å². The minimum Gasteiger partial charge on any atom is -0.455 e. The van der Waals surface area contributed by atoms with Crippen molar-refractivity contribution in [3.63, 3.8) is 0 Å². The summed E-state index contributed by atoms with van der Waals surface area (Å²) in [7, 11) is 0. The van der Waals surface area contributed by atoms with E-state index in [9.17, 15) is 0 Å². The number of rotatable bonds is 3. The van der Waals surface area contributed by atoms with Crippen LogP contribution in [0.2, 0.25) is 0 Å². The highest BCUT2D eigenvalue weighted by molar-refractivity contribution is 6.24. The van der Waals surface area contributed by atoms with Gasteiger partial charge in [-0.05, 0) is 51.0 Å². The molecule has 43 heavy (non-hydrogen) atoms. The van der Waals surface area contributed by atoms with E-state index >= 15 is 0 Å². The summed E-state index contributed by atoms with van der Waals surface area (Å²) in [6.45, 7) is 0. The highest BCUT2D eigenvalue weighted by atomic mass is 16.3. The lowest BCUT2D eigenvalue weighted by Crippen LogP contribution is -1.93. The Kier molecular flexibility index (Phi) is 5.23. The number of nitrogens with zero attached hydrogens (tertiary/aromatic N) is 1. The van der Waals surface area contributed by atoms with E-state index in [0.717, 1.165) is 61.0 Å². The van der Waals surface area contributed by atoms with E-state index in [2.05, 4.69) is 140 Å². The van der Waals surface area contributed by atoms with Crippen LogP contribution in [0, 0.1) is 0 Å². The van der Waals surface area contributed by atoms with Crippen LogP contribution in [0.5, 0.6) is 0 Å². The highest BCUT2D eigenvalue weighted by Gasteiger charge is 2.18. The van der Waals surface area contributed by atoms with E-state index in [1.54, 1.807) is 0 Å². The Morgan fingerprint density at radius 2 is 0.791 bits per heavy atom. The van der Waals surface area contributed by atoms with Crippen LogP contribution in [0.25, 0.3) is 87.9 Å². The lowest BCUT2D eigenvalue weighted by atomic mass is 9.89. The molecule has 0 amide bonds. The van der Waals surface area contributed by atoms with Crippen LogP contribution >= 0.6 is 0 Å². The summed E-state index contributed by atoms with van der Waals surface area (Å²) in [6, 6.07) is 53.6. The molecule has 7 aromatic carbocycles. The number of aromatic nitrogens is 1. The third-order valence-electron chi connectivity index (χ3n) is 8.70. The van der Waals surface area contributed by atoms with E-state index < -0.39 is 0 Å². The van der Waals surface area contributed by atoms with Gasteiger partial charge in [0.2, 0.25) is 0 Å². The molecular formula is C41H25NO. The number of para-hydroxylation sites is 2. The van der Waals surface area contributed by atoms with Gasteiger partial charge in [-0.1, -0.05) is 133 Å². The van der Waals surface area contributed by atoms with Gasteiger partial charge in [0, 0.05) is 32.7 Å². The van der Waals surface area contributed by atoms with Crippen LogP contribution in [0.3, 0.4) is 0 Å². The van der Waals surface area contributed by atoms with Crippen LogP contribution in [0.1, 0.15) is 0 Å². The molecule has 0 saturated carbocycles. The Labute approximate surface area is 248 Å². The lowest BCUT2D eigenvalue weighted by molar-refractivity contribution is 0.670. The molecule has 2 nitrogen and oxygen atoms in total. The van der Waals surface area contributed by atoms with E-state index in [0.29, 0.717) is 0 Å². The highest BCUT2D eigenvalue weighted by Crippen LogP contribution is 2.43. The fraction of sp³-hybridized carbons (Fsp3) is 0. The zero-order chi connectivity index (χ0) is 28.3. The maximum Gasteiger partial charge on any atom is 0.143 e. The SMILES string of the molecule is c1ccc(-c2ccccc2-c2cccc3c2oc2ccccc23)c(-c2ccc3c4ccccc4c4ccccc4c3n2)c1. The molecule has 9 aromatic rings. The van der Waals surface area contributed by atoms with Gasteiger partial charge >= 0.3 is 0 Å². The lowest BCUT2D eigenvalue weighted by Gasteiger charge is -2.16. The Morgan fingerprint density at radius 1 is 0.326 bits per heavy atom. The van der Waals surface area contributed by atoms with Crippen molar-refractivity contribution in [3.05, 3.63) is 152 Å². The van der Waals surface area contributed by atoms with Gasteiger partial charge in [0.25, 0.3) is 0 Å². The quantitative estimate of drug-likeness (QED) is 0.206. The Hall–Kier alpha value is -5.73. The molecule has 2 aromatic heterocycles. The molecule has 0 N–H and O–H groups in total. The summed E-state index contributed by atoms with van der Waals surface area (Å²) in [5, 5.41) is 8.33. The molecule has 0 bridgehead atoms. The number of pyridine rings is 1. The zero-order valence-corrected chi connectivity index (χ0v) is 23.3. The van der Waals surface area contributed by atoms with Gasteiger partial charge in [0.05, 0.1) is 11.2 Å². The second-order valence-electron chi connectivity index (χ2n) is 11.1. The average molecular weight is 548 g/mol. The van der Waals surface area contributed by atoms with E-state index in [1.807, 2.05) is 12.1 Å².